The van der Waals surface area contributed by atoms with Gasteiger partial charge in [0.25, 0.3) is 0 Å². The van der Waals surface area contributed by atoms with Gasteiger partial charge in [-0.1, -0.05) is 26.0 Å². The first-order valence-corrected chi connectivity index (χ1v) is 8.97. The van der Waals surface area contributed by atoms with Crippen LogP contribution in [0.1, 0.15) is 43.5 Å². The summed E-state index contributed by atoms with van der Waals surface area (Å²) in [5.74, 6) is 1.28. The molecule has 0 bridgehead atoms. The number of rotatable bonds is 5. The standard InChI is InChI=1S/C22H23FN4/c1-5-6-18-15(4)24-12-11-20(18)26-22-19(14(2)3)13-25-21(27-22)16-7-9-17(23)10-8-16/h5-14H,1-4H3,(H,24,25,26,27)/b6-5-. The SMILES string of the molecule is C/C=C\c1c(Nc2nc(-c3ccc(F)cc3)ncc2C(C)C)ccnc1C. The molecule has 0 atom stereocenters. The maximum atomic E-state index is 13.2. The van der Waals surface area contributed by atoms with Crippen molar-refractivity contribution in [1.82, 2.24) is 15.0 Å². The number of benzene rings is 1. The zero-order valence-electron chi connectivity index (χ0n) is 16.0. The molecule has 138 valence electrons. The molecule has 0 aliphatic carbocycles. The quantitative estimate of drug-likeness (QED) is 0.615. The number of hydrogen-bond donors (Lipinski definition) is 1. The topological polar surface area (TPSA) is 50.7 Å². The van der Waals surface area contributed by atoms with Gasteiger partial charge >= 0.3 is 0 Å². The minimum absolute atomic E-state index is 0.253. The van der Waals surface area contributed by atoms with Crippen molar-refractivity contribution in [1.29, 1.82) is 0 Å². The lowest BCUT2D eigenvalue weighted by molar-refractivity contribution is 0.628. The van der Waals surface area contributed by atoms with Crippen LogP contribution < -0.4 is 5.32 Å². The second-order valence-corrected chi connectivity index (χ2v) is 6.64. The highest BCUT2D eigenvalue weighted by molar-refractivity contribution is 5.73. The Balaban J connectivity index is 2.07. The number of halogens is 1. The molecule has 0 spiro atoms. The van der Waals surface area contributed by atoms with E-state index in [1.165, 1.54) is 12.1 Å². The van der Waals surface area contributed by atoms with E-state index < -0.39 is 0 Å². The summed E-state index contributed by atoms with van der Waals surface area (Å²) in [5.41, 5.74) is 4.69. The number of pyridine rings is 1. The fourth-order valence-electron chi connectivity index (χ4n) is 2.84. The molecule has 2 heterocycles. The minimum Gasteiger partial charge on any atom is -0.339 e. The van der Waals surface area contributed by atoms with Crippen molar-refractivity contribution in [3.63, 3.8) is 0 Å². The summed E-state index contributed by atoms with van der Waals surface area (Å²) >= 11 is 0. The van der Waals surface area contributed by atoms with Crippen molar-refractivity contribution < 1.29 is 4.39 Å². The smallest absolute Gasteiger partial charge is 0.161 e. The molecule has 2 aromatic heterocycles. The summed E-state index contributed by atoms with van der Waals surface area (Å²) in [5, 5.41) is 3.45. The predicted molar refractivity (Wildman–Crippen MR) is 108 cm³/mol. The van der Waals surface area contributed by atoms with Crippen molar-refractivity contribution in [3.05, 3.63) is 71.4 Å². The normalized spacial score (nSPS) is 11.3. The molecule has 27 heavy (non-hydrogen) atoms. The van der Waals surface area contributed by atoms with Crippen molar-refractivity contribution in [2.75, 3.05) is 5.32 Å². The monoisotopic (exact) mass is 362 g/mol. The summed E-state index contributed by atoms with van der Waals surface area (Å²) < 4.78 is 13.2. The van der Waals surface area contributed by atoms with Gasteiger partial charge in [-0.15, -0.1) is 0 Å². The predicted octanol–water partition coefficient (Wildman–Crippen LogP) is 5.89. The maximum Gasteiger partial charge on any atom is 0.161 e. The van der Waals surface area contributed by atoms with E-state index in [1.54, 1.807) is 18.3 Å². The van der Waals surface area contributed by atoms with Gasteiger partial charge in [0.1, 0.15) is 11.6 Å². The number of aryl methyl sites for hydroxylation is 1. The van der Waals surface area contributed by atoms with Crippen LogP contribution in [0.2, 0.25) is 0 Å². The van der Waals surface area contributed by atoms with Crippen LogP contribution in [-0.4, -0.2) is 15.0 Å². The number of aromatic nitrogens is 3. The summed E-state index contributed by atoms with van der Waals surface area (Å²) in [6.45, 7) is 8.17. The first-order valence-electron chi connectivity index (χ1n) is 8.97. The third kappa shape index (κ3) is 4.19. The van der Waals surface area contributed by atoms with E-state index in [0.29, 0.717) is 5.82 Å². The lowest BCUT2D eigenvalue weighted by atomic mass is 10.1. The van der Waals surface area contributed by atoms with Gasteiger partial charge in [-0.05, 0) is 50.1 Å². The molecule has 3 rings (SSSR count). The van der Waals surface area contributed by atoms with Gasteiger partial charge in [0.15, 0.2) is 5.82 Å². The first kappa shape index (κ1) is 18.7. The van der Waals surface area contributed by atoms with E-state index in [4.69, 9.17) is 4.98 Å². The fraction of sp³-hybridized carbons (Fsp3) is 0.227. The van der Waals surface area contributed by atoms with Crippen molar-refractivity contribution in [3.8, 4) is 11.4 Å². The highest BCUT2D eigenvalue weighted by Crippen LogP contribution is 2.29. The van der Waals surface area contributed by atoms with Crippen LogP contribution >= 0.6 is 0 Å². The Morgan fingerprint density at radius 3 is 2.48 bits per heavy atom. The second kappa shape index (κ2) is 8.08. The number of nitrogens with one attached hydrogen (secondary N) is 1. The van der Waals surface area contributed by atoms with E-state index in [2.05, 4.69) is 29.1 Å². The molecule has 3 aromatic rings. The number of hydrogen-bond acceptors (Lipinski definition) is 4. The van der Waals surface area contributed by atoms with E-state index in [0.717, 1.165) is 33.9 Å². The second-order valence-electron chi connectivity index (χ2n) is 6.64. The number of anilines is 2. The molecule has 5 heteroatoms. The molecule has 1 aromatic carbocycles. The zero-order valence-corrected chi connectivity index (χ0v) is 16.0. The molecule has 4 nitrogen and oxygen atoms in total. The lowest BCUT2D eigenvalue weighted by Gasteiger charge is -2.16. The Labute approximate surface area is 159 Å². The Morgan fingerprint density at radius 2 is 1.81 bits per heavy atom. The largest absolute Gasteiger partial charge is 0.339 e. The first-order chi connectivity index (χ1) is 13.0. The molecule has 0 saturated carbocycles. The van der Waals surface area contributed by atoms with Crippen molar-refractivity contribution in [2.24, 2.45) is 0 Å². The number of nitrogens with zero attached hydrogens (tertiary/aromatic N) is 3. The number of allylic oxidation sites excluding steroid dienone is 1. The fourth-order valence-corrected chi connectivity index (χ4v) is 2.84. The summed E-state index contributed by atoms with van der Waals surface area (Å²) in [6.07, 6.45) is 7.63. The molecular formula is C22H23FN4. The van der Waals surface area contributed by atoms with Gasteiger partial charge in [0, 0.05) is 34.8 Å². The average Bonchev–Trinajstić information content (AvgIpc) is 2.65. The summed E-state index contributed by atoms with van der Waals surface area (Å²) in [6, 6.07) is 8.14. The van der Waals surface area contributed by atoms with E-state index in [1.807, 2.05) is 38.3 Å². The highest BCUT2D eigenvalue weighted by atomic mass is 19.1. The molecule has 0 saturated heterocycles. The van der Waals surface area contributed by atoms with Gasteiger partial charge in [-0.2, -0.15) is 0 Å². The van der Waals surface area contributed by atoms with Gasteiger partial charge in [-0.3, -0.25) is 4.98 Å². The van der Waals surface area contributed by atoms with Crippen LogP contribution in [0.15, 0.2) is 48.8 Å². The average molecular weight is 362 g/mol. The molecule has 0 fully saturated rings. The minimum atomic E-state index is -0.279. The van der Waals surface area contributed by atoms with Gasteiger partial charge in [0.05, 0.1) is 5.69 Å². The maximum absolute atomic E-state index is 13.2. The Bertz CT molecular complexity index is 963. The van der Waals surface area contributed by atoms with Crippen LogP contribution in [0, 0.1) is 12.7 Å². The Morgan fingerprint density at radius 1 is 1.07 bits per heavy atom. The van der Waals surface area contributed by atoms with Gasteiger partial charge in [0.2, 0.25) is 0 Å². The summed E-state index contributed by atoms with van der Waals surface area (Å²) in [4.78, 5) is 13.6. The van der Waals surface area contributed by atoms with Crippen LogP contribution in [-0.2, 0) is 0 Å². The highest BCUT2D eigenvalue weighted by Gasteiger charge is 2.14. The molecule has 0 unspecified atom stereocenters. The van der Waals surface area contributed by atoms with Crippen LogP contribution in [0.4, 0.5) is 15.9 Å². The third-order valence-corrected chi connectivity index (χ3v) is 4.32. The van der Waals surface area contributed by atoms with Crippen LogP contribution in [0.25, 0.3) is 17.5 Å². The van der Waals surface area contributed by atoms with E-state index >= 15 is 0 Å². The van der Waals surface area contributed by atoms with Gasteiger partial charge in [-0.25, -0.2) is 14.4 Å². The lowest BCUT2D eigenvalue weighted by Crippen LogP contribution is -2.05. The summed E-state index contributed by atoms with van der Waals surface area (Å²) in [7, 11) is 0. The molecule has 0 aliphatic heterocycles. The van der Waals surface area contributed by atoms with Crippen molar-refractivity contribution in [2.45, 2.75) is 33.6 Å². The van der Waals surface area contributed by atoms with E-state index in [-0.39, 0.29) is 11.7 Å². The molecule has 0 radical (unpaired) electrons. The van der Waals surface area contributed by atoms with Crippen LogP contribution in [0.3, 0.4) is 0 Å². The molecule has 0 amide bonds. The van der Waals surface area contributed by atoms with Crippen LogP contribution in [0.5, 0.6) is 0 Å². The van der Waals surface area contributed by atoms with Gasteiger partial charge < -0.3 is 5.32 Å². The molecule has 0 aliphatic rings. The Hall–Kier alpha value is -3.08. The zero-order chi connectivity index (χ0) is 19.4. The Kier molecular flexibility index (Phi) is 5.60. The molecule has 1 N–H and O–H groups in total. The van der Waals surface area contributed by atoms with E-state index in [9.17, 15) is 4.39 Å². The van der Waals surface area contributed by atoms with Crippen molar-refractivity contribution >= 4 is 17.6 Å². The third-order valence-electron chi connectivity index (χ3n) is 4.32. The molecular weight excluding hydrogens is 339 g/mol.